The average Bonchev–Trinajstić information content (AvgIpc) is 2.54. The summed E-state index contributed by atoms with van der Waals surface area (Å²) in [4.78, 5) is 16.4. The highest BCUT2D eigenvalue weighted by Crippen LogP contribution is 2.25. The fourth-order valence-corrected chi connectivity index (χ4v) is 2.87. The molecule has 0 aliphatic rings. The highest BCUT2D eigenvalue weighted by Gasteiger charge is 2.06. The standard InChI is InChI=1S/C17H11Br2NO3/c1-22-15-6-4-11(18)8-10(15)2-7-16-20-14-5-3-12(19)9-13(14)17(21)23-16/h2-9H,1H3. The molecule has 0 radical (unpaired) electrons. The smallest absolute Gasteiger partial charge is 0.347 e. The number of nitrogens with zero attached hydrogens (tertiary/aromatic N) is 1. The van der Waals surface area contributed by atoms with Crippen molar-refractivity contribution >= 4 is 54.9 Å². The molecule has 23 heavy (non-hydrogen) atoms. The number of aromatic nitrogens is 1. The lowest BCUT2D eigenvalue weighted by molar-refractivity contribution is 0.414. The summed E-state index contributed by atoms with van der Waals surface area (Å²) in [6, 6.07) is 10.9. The van der Waals surface area contributed by atoms with Crippen LogP contribution in [0.25, 0.3) is 23.1 Å². The molecule has 0 unspecified atom stereocenters. The van der Waals surface area contributed by atoms with Gasteiger partial charge in [-0.3, -0.25) is 0 Å². The second-order valence-electron chi connectivity index (χ2n) is 4.72. The maximum absolute atomic E-state index is 12.0. The van der Waals surface area contributed by atoms with Crippen molar-refractivity contribution in [3.63, 3.8) is 0 Å². The molecule has 1 heterocycles. The van der Waals surface area contributed by atoms with E-state index in [9.17, 15) is 4.79 Å². The zero-order chi connectivity index (χ0) is 16.4. The monoisotopic (exact) mass is 435 g/mol. The fourth-order valence-electron chi connectivity index (χ4n) is 2.13. The molecule has 0 N–H and O–H groups in total. The first-order chi connectivity index (χ1) is 11.1. The third kappa shape index (κ3) is 3.54. The summed E-state index contributed by atoms with van der Waals surface area (Å²) < 4.78 is 12.3. The molecule has 0 bridgehead atoms. The van der Waals surface area contributed by atoms with Crippen molar-refractivity contribution < 1.29 is 9.15 Å². The Kier molecular flexibility index (Phi) is 4.63. The van der Waals surface area contributed by atoms with E-state index in [4.69, 9.17) is 9.15 Å². The van der Waals surface area contributed by atoms with Crippen LogP contribution in [0.2, 0.25) is 0 Å². The summed E-state index contributed by atoms with van der Waals surface area (Å²) in [5.74, 6) is 0.961. The van der Waals surface area contributed by atoms with Crippen LogP contribution in [-0.2, 0) is 0 Å². The number of halogens is 2. The Hall–Kier alpha value is -1.92. The molecule has 0 fully saturated rings. The summed E-state index contributed by atoms with van der Waals surface area (Å²) in [7, 11) is 1.60. The van der Waals surface area contributed by atoms with Crippen LogP contribution in [-0.4, -0.2) is 12.1 Å². The van der Waals surface area contributed by atoms with E-state index in [1.807, 2.05) is 24.3 Å². The molecule has 3 aromatic rings. The minimum atomic E-state index is -0.419. The van der Waals surface area contributed by atoms with Crippen molar-refractivity contribution in [2.24, 2.45) is 0 Å². The summed E-state index contributed by atoms with van der Waals surface area (Å²) in [5.41, 5.74) is 1.02. The zero-order valence-electron chi connectivity index (χ0n) is 12.0. The van der Waals surface area contributed by atoms with Crippen LogP contribution in [0.3, 0.4) is 0 Å². The van der Waals surface area contributed by atoms with Crippen LogP contribution in [0.5, 0.6) is 5.75 Å². The van der Waals surface area contributed by atoms with Crippen LogP contribution in [0, 0.1) is 0 Å². The van der Waals surface area contributed by atoms with Crippen molar-refractivity contribution in [2.75, 3.05) is 7.11 Å². The number of benzene rings is 2. The minimum absolute atomic E-state index is 0.242. The lowest BCUT2D eigenvalue weighted by atomic mass is 10.2. The zero-order valence-corrected chi connectivity index (χ0v) is 15.2. The van der Waals surface area contributed by atoms with Crippen LogP contribution in [0.15, 0.2) is 54.6 Å². The van der Waals surface area contributed by atoms with E-state index in [1.165, 1.54) is 0 Å². The van der Waals surface area contributed by atoms with Crippen molar-refractivity contribution in [2.45, 2.75) is 0 Å². The van der Waals surface area contributed by atoms with Gasteiger partial charge in [0, 0.05) is 20.6 Å². The normalized spacial score (nSPS) is 11.3. The van der Waals surface area contributed by atoms with Gasteiger partial charge in [-0.25, -0.2) is 9.78 Å². The van der Waals surface area contributed by atoms with Gasteiger partial charge in [0.25, 0.3) is 0 Å². The van der Waals surface area contributed by atoms with Crippen molar-refractivity contribution in [1.29, 1.82) is 0 Å². The number of methoxy groups -OCH3 is 1. The molecular formula is C17H11Br2NO3. The van der Waals surface area contributed by atoms with E-state index < -0.39 is 5.63 Å². The molecule has 0 spiro atoms. The minimum Gasteiger partial charge on any atom is -0.496 e. The van der Waals surface area contributed by atoms with E-state index >= 15 is 0 Å². The Morgan fingerprint density at radius 1 is 1.09 bits per heavy atom. The van der Waals surface area contributed by atoms with Crippen LogP contribution < -0.4 is 10.4 Å². The van der Waals surface area contributed by atoms with E-state index in [0.29, 0.717) is 10.9 Å². The molecule has 4 nitrogen and oxygen atoms in total. The molecule has 2 aromatic carbocycles. The van der Waals surface area contributed by atoms with Crippen LogP contribution >= 0.6 is 31.9 Å². The highest BCUT2D eigenvalue weighted by molar-refractivity contribution is 9.10. The van der Waals surface area contributed by atoms with Gasteiger partial charge in [0.2, 0.25) is 5.89 Å². The summed E-state index contributed by atoms with van der Waals surface area (Å²) in [6.07, 6.45) is 3.44. The van der Waals surface area contributed by atoms with Gasteiger partial charge < -0.3 is 9.15 Å². The quantitative estimate of drug-likeness (QED) is 0.586. The fraction of sp³-hybridized carbons (Fsp3) is 0.0588. The lowest BCUT2D eigenvalue weighted by Gasteiger charge is -2.04. The predicted octanol–water partition coefficient (Wildman–Crippen LogP) is 4.89. The maximum atomic E-state index is 12.0. The second-order valence-corrected chi connectivity index (χ2v) is 6.55. The van der Waals surface area contributed by atoms with Gasteiger partial charge in [-0.15, -0.1) is 0 Å². The third-order valence-corrected chi connectivity index (χ3v) is 4.19. The molecule has 1 aromatic heterocycles. The second kappa shape index (κ2) is 6.68. The number of ether oxygens (including phenoxy) is 1. The van der Waals surface area contributed by atoms with Gasteiger partial charge in [-0.05, 0) is 42.5 Å². The Bertz CT molecular complexity index is 964. The van der Waals surface area contributed by atoms with Crippen molar-refractivity contribution in [3.8, 4) is 5.75 Å². The molecular weight excluding hydrogens is 426 g/mol. The van der Waals surface area contributed by atoms with E-state index in [2.05, 4.69) is 36.8 Å². The Balaban J connectivity index is 2.03. The van der Waals surface area contributed by atoms with E-state index in [0.717, 1.165) is 20.3 Å². The molecule has 6 heteroatoms. The van der Waals surface area contributed by atoms with E-state index in [1.54, 1.807) is 31.4 Å². The van der Waals surface area contributed by atoms with Gasteiger partial charge >= 0.3 is 5.63 Å². The first kappa shape index (κ1) is 16.0. The Labute approximate surface area is 149 Å². The van der Waals surface area contributed by atoms with Crippen LogP contribution in [0.1, 0.15) is 11.5 Å². The van der Waals surface area contributed by atoms with Gasteiger partial charge in [0.1, 0.15) is 5.75 Å². The lowest BCUT2D eigenvalue weighted by Crippen LogP contribution is -2.02. The number of fused-ring (bicyclic) bond motifs is 1. The van der Waals surface area contributed by atoms with Gasteiger partial charge in [-0.2, -0.15) is 0 Å². The number of hydrogen-bond acceptors (Lipinski definition) is 4. The predicted molar refractivity (Wildman–Crippen MR) is 97.6 cm³/mol. The molecule has 0 saturated carbocycles. The summed E-state index contributed by atoms with van der Waals surface area (Å²) >= 11 is 6.75. The molecule has 0 atom stereocenters. The van der Waals surface area contributed by atoms with Crippen LogP contribution in [0.4, 0.5) is 0 Å². The molecule has 3 rings (SSSR count). The van der Waals surface area contributed by atoms with Crippen molar-refractivity contribution in [3.05, 3.63) is 67.2 Å². The average molecular weight is 437 g/mol. The summed E-state index contributed by atoms with van der Waals surface area (Å²) in [6.45, 7) is 0. The first-order valence-corrected chi connectivity index (χ1v) is 8.27. The largest absolute Gasteiger partial charge is 0.496 e. The van der Waals surface area contributed by atoms with Gasteiger partial charge in [0.05, 0.1) is 18.0 Å². The first-order valence-electron chi connectivity index (χ1n) is 6.69. The number of rotatable bonds is 3. The maximum Gasteiger partial charge on any atom is 0.347 e. The topological polar surface area (TPSA) is 52.3 Å². The number of hydrogen-bond donors (Lipinski definition) is 0. The summed E-state index contributed by atoms with van der Waals surface area (Å²) in [5, 5.41) is 0.441. The van der Waals surface area contributed by atoms with Gasteiger partial charge in [0.15, 0.2) is 0 Å². The molecule has 0 aliphatic carbocycles. The Morgan fingerprint density at radius 2 is 1.83 bits per heavy atom. The Morgan fingerprint density at radius 3 is 2.61 bits per heavy atom. The van der Waals surface area contributed by atoms with E-state index in [-0.39, 0.29) is 5.89 Å². The molecule has 0 amide bonds. The van der Waals surface area contributed by atoms with Crippen molar-refractivity contribution in [1.82, 2.24) is 4.98 Å². The third-order valence-electron chi connectivity index (χ3n) is 3.20. The SMILES string of the molecule is COc1ccc(Br)cc1C=Cc1nc2ccc(Br)cc2c(=O)o1. The molecule has 116 valence electrons. The highest BCUT2D eigenvalue weighted by atomic mass is 79.9. The molecule has 0 aliphatic heterocycles. The van der Waals surface area contributed by atoms with Gasteiger partial charge in [-0.1, -0.05) is 31.9 Å². The molecule has 0 saturated heterocycles.